The van der Waals surface area contributed by atoms with Crippen LogP contribution in [0.25, 0.3) is 6.08 Å². The smallest absolute Gasteiger partial charge is 0.341 e. The first-order valence-electron chi connectivity index (χ1n) is 16.8. The minimum atomic E-state index is -0.701. The molecule has 280 valence electrons. The van der Waals surface area contributed by atoms with Gasteiger partial charge in [0.05, 0.1) is 27.2 Å². The molecule has 4 aromatic carbocycles. The number of hydrogen-bond acceptors (Lipinski definition) is 10. The molecule has 1 unspecified atom stereocenters. The number of nitrogens with one attached hydrogen (secondary N) is 4. The van der Waals surface area contributed by atoms with Gasteiger partial charge in [-0.2, -0.15) is 0 Å². The van der Waals surface area contributed by atoms with Crippen LogP contribution in [0.15, 0.2) is 120 Å². The molecule has 0 aliphatic heterocycles. The van der Waals surface area contributed by atoms with Crippen molar-refractivity contribution in [2.45, 2.75) is 30.9 Å². The number of ether oxygens (including phenoxy) is 1. The number of non-ortho nitro benzene ring substituents is 1. The van der Waals surface area contributed by atoms with Gasteiger partial charge < -0.3 is 26.0 Å². The molecule has 13 nitrogen and oxygen atoms in total. The molecule has 15 heteroatoms. The van der Waals surface area contributed by atoms with E-state index in [2.05, 4.69) is 21.3 Å². The number of benzene rings is 4. The van der Waals surface area contributed by atoms with Crippen LogP contribution in [0, 0.1) is 17.0 Å². The van der Waals surface area contributed by atoms with Gasteiger partial charge in [-0.15, -0.1) is 23.1 Å². The number of esters is 1. The molecular formula is C40H35N5O8S2. The average molecular weight is 778 g/mol. The van der Waals surface area contributed by atoms with Gasteiger partial charge >= 0.3 is 5.97 Å². The predicted octanol–water partition coefficient (Wildman–Crippen LogP) is 7.92. The lowest BCUT2D eigenvalue weighted by atomic mass is 10.1. The van der Waals surface area contributed by atoms with Crippen LogP contribution in [0.4, 0.5) is 22.1 Å². The second kappa shape index (κ2) is 18.4. The summed E-state index contributed by atoms with van der Waals surface area (Å²) in [6.07, 6.45) is 1.40. The maximum atomic E-state index is 13.6. The molecule has 1 aromatic heterocycles. The van der Waals surface area contributed by atoms with Gasteiger partial charge in [-0.05, 0) is 92.6 Å². The van der Waals surface area contributed by atoms with E-state index in [1.54, 1.807) is 99.6 Å². The molecule has 0 saturated heterocycles. The summed E-state index contributed by atoms with van der Waals surface area (Å²) in [6, 6.07) is 29.4. The van der Waals surface area contributed by atoms with E-state index in [0.29, 0.717) is 33.0 Å². The zero-order valence-corrected chi connectivity index (χ0v) is 31.4. The van der Waals surface area contributed by atoms with Crippen molar-refractivity contribution in [1.82, 2.24) is 5.32 Å². The lowest BCUT2D eigenvalue weighted by Gasteiger charge is -2.14. The Hall–Kier alpha value is -6.58. The predicted molar refractivity (Wildman–Crippen MR) is 213 cm³/mol. The summed E-state index contributed by atoms with van der Waals surface area (Å²) in [7, 11) is 0. The van der Waals surface area contributed by atoms with Crippen molar-refractivity contribution in [3.8, 4) is 0 Å². The first kappa shape index (κ1) is 39.6. The van der Waals surface area contributed by atoms with Gasteiger partial charge in [0, 0.05) is 34.0 Å². The number of nitro benzene ring substituents is 1. The van der Waals surface area contributed by atoms with Crippen molar-refractivity contribution in [2.75, 3.05) is 22.6 Å². The molecule has 0 saturated carbocycles. The van der Waals surface area contributed by atoms with Crippen LogP contribution in [-0.2, 0) is 14.3 Å². The number of thiophene rings is 1. The average Bonchev–Trinajstić information content (AvgIpc) is 3.50. The van der Waals surface area contributed by atoms with Crippen molar-refractivity contribution in [2.24, 2.45) is 0 Å². The summed E-state index contributed by atoms with van der Waals surface area (Å²) in [5.74, 6) is -2.76. The van der Waals surface area contributed by atoms with Crippen LogP contribution in [0.5, 0.6) is 0 Å². The van der Waals surface area contributed by atoms with E-state index in [1.165, 1.54) is 42.1 Å². The number of carbonyl (C=O) groups is 5. The minimum absolute atomic E-state index is 0.0947. The molecular weight excluding hydrogens is 743 g/mol. The molecule has 0 fully saturated rings. The number of rotatable bonds is 14. The first-order valence-corrected chi connectivity index (χ1v) is 18.5. The highest BCUT2D eigenvalue weighted by atomic mass is 32.2. The Labute approximate surface area is 324 Å². The number of nitro groups is 1. The number of amides is 4. The summed E-state index contributed by atoms with van der Waals surface area (Å²) >= 11 is 2.15. The molecule has 0 spiro atoms. The fourth-order valence-corrected chi connectivity index (χ4v) is 7.11. The van der Waals surface area contributed by atoms with Gasteiger partial charge in [0.1, 0.15) is 10.7 Å². The highest BCUT2D eigenvalue weighted by Crippen LogP contribution is 2.35. The molecule has 4 amide bonds. The largest absolute Gasteiger partial charge is 0.462 e. The third kappa shape index (κ3) is 10.5. The van der Waals surface area contributed by atoms with Gasteiger partial charge in [0.2, 0.25) is 5.91 Å². The topological polar surface area (TPSA) is 186 Å². The van der Waals surface area contributed by atoms with E-state index in [0.717, 1.165) is 11.3 Å². The molecule has 0 aliphatic rings. The van der Waals surface area contributed by atoms with E-state index in [9.17, 15) is 34.1 Å². The molecule has 0 bridgehead atoms. The molecule has 4 N–H and O–H groups in total. The summed E-state index contributed by atoms with van der Waals surface area (Å²) in [4.78, 5) is 77.7. The maximum Gasteiger partial charge on any atom is 0.341 e. The number of para-hydroxylation sites is 1. The first-order chi connectivity index (χ1) is 26.4. The Morgan fingerprint density at radius 1 is 0.836 bits per heavy atom. The summed E-state index contributed by atoms with van der Waals surface area (Å²) in [5.41, 5.74) is 1.90. The normalized spacial score (nSPS) is 11.5. The Kier molecular flexibility index (Phi) is 13.3. The van der Waals surface area contributed by atoms with Crippen molar-refractivity contribution < 1.29 is 33.6 Å². The van der Waals surface area contributed by atoms with Crippen molar-refractivity contribution in [1.29, 1.82) is 0 Å². The number of nitrogens with zero attached hydrogens (tertiary/aromatic N) is 1. The molecule has 0 aliphatic carbocycles. The van der Waals surface area contributed by atoms with Crippen LogP contribution in [0.2, 0.25) is 0 Å². The molecule has 5 rings (SSSR count). The monoisotopic (exact) mass is 777 g/mol. The Bertz CT molecular complexity index is 2260. The molecule has 55 heavy (non-hydrogen) atoms. The standard InChI is InChI=1S/C40H35N5O8S2/c1-4-53-40(50)33-24(2)34(38(49)41-28-14-9-6-10-15-28)55-39(33)44-35(46)25(3)54-31-17-11-16-29(23-31)42-37(48)32(43-36(47)27-12-7-5-8-13-27)22-26-18-20-30(21-19-26)45(51)52/h5-23,25H,4H2,1-3H3,(H,41,49)(H,42,48)(H,43,47)(H,44,46)/b32-22+. The number of hydrogen-bond donors (Lipinski definition) is 4. The van der Waals surface area contributed by atoms with Gasteiger partial charge in [0.15, 0.2) is 0 Å². The van der Waals surface area contributed by atoms with Crippen molar-refractivity contribution in [3.05, 3.63) is 152 Å². The number of anilines is 3. The van der Waals surface area contributed by atoms with Gasteiger partial charge in [0.25, 0.3) is 23.4 Å². The molecule has 0 radical (unpaired) electrons. The Morgan fingerprint density at radius 3 is 2.15 bits per heavy atom. The van der Waals surface area contributed by atoms with E-state index in [1.807, 2.05) is 6.07 Å². The summed E-state index contributed by atoms with van der Waals surface area (Å²) in [5, 5.41) is 21.6. The lowest BCUT2D eigenvalue weighted by molar-refractivity contribution is -0.384. The second-order valence-electron chi connectivity index (χ2n) is 11.8. The highest BCUT2D eigenvalue weighted by molar-refractivity contribution is 8.00. The van der Waals surface area contributed by atoms with Crippen LogP contribution < -0.4 is 21.3 Å². The zero-order valence-electron chi connectivity index (χ0n) is 29.8. The van der Waals surface area contributed by atoms with E-state index < -0.39 is 39.8 Å². The summed E-state index contributed by atoms with van der Waals surface area (Å²) < 4.78 is 5.24. The second-order valence-corrected chi connectivity index (χ2v) is 14.2. The Balaban J connectivity index is 1.31. The Morgan fingerprint density at radius 2 is 1.49 bits per heavy atom. The van der Waals surface area contributed by atoms with E-state index >= 15 is 0 Å². The molecule has 1 heterocycles. The quantitative estimate of drug-likeness (QED) is 0.0286. The van der Waals surface area contributed by atoms with Gasteiger partial charge in [-0.1, -0.05) is 42.5 Å². The zero-order chi connectivity index (χ0) is 39.5. The number of thioether (sulfide) groups is 1. The summed E-state index contributed by atoms with van der Waals surface area (Å²) in [6.45, 7) is 5.05. The van der Waals surface area contributed by atoms with Gasteiger partial charge in [-0.3, -0.25) is 29.3 Å². The van der Waals surface area contributed by atoms with Crippen molar-refractivity contribution >= 4 is 80.8 Å². The maximum absolute atomic E-state index is 13.6. The highest BCUT2D eigenvalue weighted by Gasteiger charge is 2.28. The third-order valence-corrected chi connectivity index (χ3v) is 10.1. The van der Waals surface area contributed by atoms with Crippen LogP contribution >= 0.6 is 23.1 Å². The fraction of sp³-hybridized carbons (Fsp3) is 0.125. The molecule has 1 atom stereocenters. The fourth-order valence-electron chi connectivity index (χ4n) is 5.09. The van der Waals surface area contributed by atoms with Crippen LogP contribution in [0.1, 0.15) is 55.4 Å². The van der Waals surface area contributed by atoms with E-state index in [4.69, 9.17) is 4.74 Å². The minimum Gasteiger partial charge on any atom is -0.462 e. The molecule has 5 aromatic rings. The van der Waals surface area contributed by atoms with Crippen LogP contribution in [-0.4, -0.2) is 46.4 Å². The number of carbonyl (C=O) groups excluding carboxylic acids is 5. The van der Waals surface area contributed by atoms with Crippen molar-refractivity contribution in [3.63, 3.8) is 0 Å². The third-order valence-electron chi connectivity index (χ3n) is 7.82. The van der Waals surface area contributed by atoms with Crippen LogP contribution in [0.3, 0.4) is 0 Å². The SMILES string of the molecule is CCOC(=O)c1c(NC(=O)C(C)Sc2cccc(NC(=O)/C(=C\c3ccc([N+](=O)[O-])cc3)NC(=O)c3ccccc3)c2)sc(C(=O)Nc2ccccc2)c1C. The van der Waals surface area contributed by atoms with Gasteiger partial charge in [-0.25, -0.2) is 4.79 Å². The van der Waals surface area contributed by atoms with E-state index in [-0.39, 0.29) is 33.4 Å². The lowest BCUT2D eigenvalue weighted by Crippen LogP contribution is -2.30.